The largest absolute Gasteiger partial charge is 0.357 e. The van der Waals surface area contributed by atoms with Crippen LogP contribution in [-0.4, -0.2) is 44.8 Å². The van der Waals surface area contributed by atoms with Crippen LogP contribution >= 0.6 is 23.2 Å². The number of hydrogen-bond donors (Lipinski definition) is 1. The van der Waals surface area contributed by atoms with E-state index >= 15 is 0 Å². The molecule has 196 valence electrons. The molecule has 0 aromatic heterocycles. The van der Waals surface area contributed by atoms with E-state index in [4.69, 9.17) is 23.2 Å². The molecule has 2 amide bonds. The van der Waals surface area contributed by atoms with Crippen LogP contribution in [0.25, 0.3) is 0 Å². The zero-order chi connectivity index (χ0) is 27.2. The fraction of sp³-hybridized carbons (Fsp3) is 0.259. The van der Waals surface area contributed by atoms with Crippen molar-refractivity contribution in [3.8, 4) is 0 Å². The highest BCUT2D eigenvalue weighted by Crippen LogP contribution is 2.28. The Morgan fingerprint density at radius 3 is 2.05 bits per heavy atom. The summed E-state index contributed by atoms with van der Waals surface area (Å²) >= 11 is 12.8. The van der Waals surface area contributed by atoms with E-state index in [0.717, 1.165) is 9.87 Å². The summed E-state index contributed by atoms with van der Waals surface area (Å²) in [6.07, 6.45) is 0.295. The Balaban J connectivity index is 2.08. The van der Waals surface area contributed by atoms with E-state index in [-0.39, 0.29) is 17.3 Å². The van der Waals surface area contributed by atoms with Gasteiger partial charge in [0.1, 0.15) is 12.6 Å². The molecule has 0 heterocycles. The van der Waals surface area contributed by atoms with Gasteiger partial charge < -0.3 is 10.2 Å². The van der Waals surface area contributed by atoms with Crippen LogP contribution in [0, 0.1) is 6.92 Å². The van der Waals surface area contributed by atoms with Gasteiger partial charge in [0, 0.05) is 29.2 Å². The smallest absolute Gasteiger partial charge is 0.264 e. The molecule has 1 atom stereocenters. The van der Waals surface area contributed by atoms with Gasteiger partial charge in [-0.25, -0.2) is 8.42 Å². The quantitative estimate of drug-likeness (QED) is 0.375. The summed E-state index contributed by atoms with van der Waals surface area (Å²) in [7, 11) is -2.63. The van der Waals surface area contributed by atoms with Gasteiger partial charge in [0.15, 0.2) is 0 Å². The lowest BCUT2D eigenvalue weighted by molar-refractivity contribution is -0.140. The molecule has 0 unspecified atom stereocenters. The lowest BCUT2D eigenvalue weighted by Gasteiger charge is -2.33. The van der Waals surface area contributed by atoms with E-state index in [0.29, 0.717) is 27.7 Å². The number of likely N-dealkylation sites (N-methyl/N-ethyl adjacent to an activating group) is 1. The average molecular weight is 563 g/mol. The van der Waals surface area contributed by atoms with E-state index in [1.54, 1.807) is 67.6 Å². The van der Waals surface area contributed by atoms with Crippen molar-refractivity contribution in [2.75, 3.05) is 17.9 Å². The van der Waals surface area contributed by atoms with Gasteiger partial charge in [-0.2, -0.15) is 0 Å². The number of rotatable bonds is 10. The van der Waals surface area contributed by atoms with E-state index < -0.39 is 28.5 Å². The first-order valence-electron chi connectivity index (χ1n) is 11.7. The van der Waals surface area contributed by atoms with Gasteiger partial charge in [-0.1, -0.05) is 72.1 Å². The highest BCUT2D eigenvalue weighted by Gasteiger charge is 2.33. The lowest BCUT2D eigenvalue weighted by Crippen LogP contribution is -2.51. The number of benzene rings is 3. The van der Waals surface area contributed by atoms with Gasteiger partial charge in [-0.15, -0.1) is 0 Å². The van der Waals surface area contributed by atoms with Crippen LogP contribution in [0.3, 0.4) is 0 Å². The third kappa shape index (κ3) is 6.63. The van der Waals surface area contributed by atoms with Crippen molar-refractivity contribution < 1.29 is 18.0 Å². The first kappa shape index (κ1) is 28.5. The Morgan fingerprint density at radius 2 is 1.51 bits per heavy atom. The Hall–Kier alpha value is -3.07. The summed E-state index contributed by atoms with van der Waals surface area (Å²) in [6.45, 7) is 3.05. The molecule has 0 aliphatic rings. The Bertz CT molecular complexity index is 1330. The molecule has 3 aromatic carbocycles. The van der Waals surface area contributed by atoms with Gasteiger partial charge >= 0.3 is 0 Å². The summed E-state index contributed by atoms with van der Waals surface area (Å²) < 4.78 is 28.5. The molecule has 0 saturated carbocycles. The second kappa shape index (κ2) is 12.4. The zero-order valence-electron chi connectivity index (χ0n) is 20.8. The van der Waals surface area contributed by atoms with E-state index in [1.165, 1.54) is 24.1 Å². The van der Waals surface area contributed by atoms with Gasteiger partial charge in [0.2, 0.25) is 11.8 Å². The number of carbonyl (C=O) groups excluding carboxylic acids is 2. The SMILES string of the molecule is CC[C@@H](C(=O)NC)N(Cc1c(Cl)cccc1Cl)C(=O)CN(c1ccc(C)cc1)S(=O)(=O)c1ccccc1. The van der Waals surface area contributed by atoms with Crippen LogP contribution in [0.2, 0.25) is 10.0 Å². The molecular weight excluding hydrogens is 533 g/mol. The molecule has 0 radical (unpaired) electrons. The number of sulfonamides is 1. The predicted molar refractivity (Wildman–Crippen MR) is 147 cm³/mol. The summed E-state index contributed by atoms with van der Waals surface area (Å²) in [5.41, 5.74) is 1.73. The van der Waals surface area contributed by atoms with Gasteiger partial charge in [-0.3, -0.25) is 13.9 Å². The second-order valence-corrected chi connectivity index (χ2v) is 11.1. The second-order valence-electron chi connectivity index (χ2n) is 8.42. The third-order valence-corrected chi connectivity index (χ3v) is 8.45. The maximum Gasteiger partial charge on any atom is 0.264 e. The molecule has 0 aliphatic carbocycles. The molecule has 0 bridgehead atoms. The van der Waals surface area contributed by atoms with Crippen molar-refractivity contribution in [3.63, 3.8) is 0 Å². The Labute approximate surface area is 228 Å². The molecule has 10 heteroatoms. The van der Waals surface area contributed by atoms with Crippen LogP contribution < -0.4 is 9.62 Å². The number of aryl methyl sites for hydroxylation is 1. The number of nitrogens with one attached hydrogen (secondary N) is 1. The summed E-state index contributed by atoms with van der Waals surface area (Å²) in [5.74, 6) is -0.960. The van der Waals surface area contributed by atoms with Crippen molar-refractivity contribution in [1.82, 2.24) is 10.2 Å². The fourth-order valence-electron chi connectivity index (χ4n) is 3.90. The monoisotopic (exact) mass is 561 g/mol. The number of hydrogen-bond acceptors (Lipinski definition) is 4. The standard InChI is InChI=1S/C27H29Cl2N3O4S/c1-4-25(27(34)30-3)31(17-22-23(28)11-8-12-24(22)29)26(33)18-32(20-15-13-19(2)14-16-20)37(35,36)21-9-6-5-7-10-21/h5-16,25H,4,17-18H2,1-3H3,(H,30,34)/t25-/m0/s1. The highest BCUT2D eigenvalue weighted by atomic mass is 35.5. The molecule has 7 nitrogen and oxygen atoms in total. The number of carbonyl (C=O) groups is 2. The van der Waals surface area contributed by atoms with Crippen molar-refractivity contribution in [2.45, 2.75) is 37.8 Å². The molecule has 3 rings (SSSR count). The molecule has 0 spiro atoms. The van der Waals surface area contributed by atoms with E-state index in [1.807, 2.05) is 6.92 Å². The Kier molecular flexibility index (Phi) is 9.59. The van der Waals surface area contributed by atoms with Gasteiger partial charge in [0.25, 0.3) is 10.0 Å². The minimum absolute atomic E-state index is 0.0439. The van der Waals surface area contributed by atoms with Crippen molar-refractivity contribution in [3.05, 3.63) is 94.0 Å². The first-order valence-corrected chi connectivity index (χ1v) is 13.9. The Morgan fingerprint density at radius 1 is 0.919 bits per heavy atom. The van der Waals surface area contributed by atoms with Crippen molar-refractivity contribution in [2.24, 2.45) is 0 Å². The fourth-order valence-corrected chi connectivity index (χ4v) is 5.85. The summed E-state index contributed by atoms with van der Waals surface area (Å²) in [4.78, 5) is 28.0. The molecular formula is C27H29Cl2N3O4S. The topological polar surface area (TPSA) is 86.8 Å². The number of nitrogens with zero attached hydrogens (tertiary/aromatic N) is 2. The normalized spacial score (nSPS) is 12.0. The zero-order valence-corrected chi connectivity index (χ0v) is 23.1. The molecule has 3 aromatic rings. The van der Waals surface area contributed by atoms with Crippen LogP contribution in [0.15, 0.2) is 77.7 Å². The van der Waals surface area contributed by atoms with Crippen LogP contribution in [0.5, 0.6) is 0 Å². The van der Waals surface area contributed by atoms with Crippen molar-refractivity contribution >= 4 is 50.7 Å². The highest BCUT2D eigenvalue weighted by molar-refractivity contribution is 7.92. The van der Waals surface area contributed by atoms with E-state index in [9.17, 15) is 18.0 Å². The van der Waals surface area contributed by atoms with Crippen LogP contribution in [-0.2, 0) is 26.2 Å². The summed E-state index contributed by atoms with van der Waals surface area (Å²) in [5, 5.41) is 3.26. The molecule has 0 saturated heterocycles. The molecule has 0 aliphatic heterocycles. The molecule has 1 N–H and O–H groups in total. The maximum absolute atomic E-state index is 13.9. The summed E-state index contributed by atoms with van der Waals surface area (Å²) in [6, 6.07) is 18.8. The first-order chi connectivity index (χ1) is 17.6. The average Bonchev–Trinajstić information content (AvgIpc) is 2.89. The number of halogens is 2. The molecule has 37 heavy (non-hydrogen) atoms. The maximum atomic E-state index is 13.9. The number of amides is 2. The van der Waals surface area contributed by atoms with Crippen LogP contribution in [0.1, 0.15) is 24.5 Å². The van der Waals surface area contributed by atoms with Gasteiger partial charge in [-0.05, 0) is 49.7 Å². The minimum atomic E-state index is -4.11. The minimum Gasteiger partial charge on any atom is -0.357 e. The molecule has 0 fully saturated rings. The van der Waals surface area contributed by atoms with Crippen LogP contribution in [0.4, 0.5) is 5.69 Å². The predicted octanol–water partition coefficient (Wildman–Crippen LogP) is 5.05. The third-order valence-electron chi connectivity index (χ3n) is 5.95. The number of anilines is 1. The van der Waals surface area contributed by atoms with E-state index in [2.05, 4.69) is 5.32 Å². The van der Waals surface area contributed by atoms with Gasteiger partial charge in [0.05, 0.1) is 10.6 Å². The lowest BCUT2D eigenvalue weighted by atomic mass is 10.1. The van der Waals surface area contributed by atoms with Crippen molar-refractivity contribution in [1.29, 1.82) is 0 Å².